The van der Waals surface area contributed by atoms with E-state index in [1.807, 2.05) is 0 Å². The average molecular weight is 99.2 g/mol. The van der Waals surface area contributed by atoms with Crippen molar-refractivity contribution in [3.8, 4) is 0 Å². The predicted octanol–water partition coefficient (Wildman–Crippen LogP) is 1.25. The lowest BCUT2D eigenvalue weighted by Crippen LogP contribution is -2.29. The lowest BCUT2D eigenvalue weighted by molar-refractivity contribution is 0.0472. The van der Waals surface area contributed by atoms with E-state index in [9.17, 15) is 0 Å². The molecule has 1 rings (SSSR count). The highest BCUT2D eigenvalue weighted by atomic mass is 16.5. The number of hydrogen-bond donors (Lipinski definition) is 0. The van der Waals surface area contributed by atoms with Crippen LogP contribution >= 0.6 is 0 Å². The molecule has 1 nitrogen and oxygen atoms in total. The summed E-state index contributed by atoms with van der Waals surface area (Å²) in [4.78, 5) is 0. The van der Waals surface area contributed by atoms with Gasteiger partial charge in [-0.1, -0.05) is 13.8 Å². The normalized spacial score (nSPS) is 22.7. The molecule has 0 unspecified atom stereocenters. The Labute approximate surface area is 44.7 Å². The van der Waals surface area contributed by atoms with Crippen molar-refractivity contribution in [2.75, 3.05) is 13.2 Å². The predicted molar refractivity (Wildman–Crippen MR) is 28.9 cm³/mol. The first kappa shape index (κ1) is 5.10. The molecule has 1 heterocycles. The van der Waals surface area contributed by atoms with Crippen molar-refractivity contribution >= 4 is 0 Å². The molecular weight excluding hydrogens is 88.1 g/mol. The topological polar surface area (TPSA) is 9.23 Å². The van der Waals surface area contributed by atoms with Crippen molar-refractivity contribution in [2.24, 2.45) is 5.92 Å². The molecule has 0 aromatic rings. The largest absolute Gasteiger partial charge is 0.380 e. The second-order valence-corrected chi connectivity index (χ2v) is 2.31. The van der Waals surface area contributed by atoms with Gasteiger partial charge in [0.15, 0.2) is 0 Å². The molecule has 0 amide bonds. The number of ether oxygens (including phenoxy) is 1. The Hall–Kier alpha value is -0.0400. The van der Waals surface area contributed by atoms with Gasteiger partial charge in [0.25, 0.3) is 0 Å². The van der Waals surface area contributed by atoms with Gasteiger partial charge in [-0.05, 0) is 5.92 Å². The average Bonchev–Trinajstić information content (AvgIpc) is 1.23. The molecule has 0 aromatic heterocycles. The van der Waals surface area contributed by atoms with Gasteiger partial charge in [0.05, 0.1) is 13.2 Å². The molecule has 1 fully saturated rings. The first-order chi connectivity index (χ1) is 3.30. The lowest BCUT2D eigenvalue weighted by Gasteiger charge is -2.28. The van der Waals surface area contributed by atoms with Crippen molar-refractivity contribution in [1.29, 1.82) is 0 Å². The van der Waals surface area contributed by atoms with Gasteiger partial charge in [0.1, 0.15) is 0 Å². The molecule has 41 valence electrons. The molecule has 0 spiro atoms. The van der Waals surface area contributed by atoms with E-state index in [1.54, 1.807) is 5.92 Å². The van der Waals surface area contributed by atoms with Crippen molar-refractivity contribution in [3.63, 3.8) is 0 Å². The maximum Gasteiger partial charge on any atom is 0.0554 e. The molecular formula is C6H11O. The van der Waals surface area contributed by atoms with Crippen LogP contribution in [-0.2, 0) is 4.74 Å². The Kier molecular flexibility index (Phi) is 1.33. The third-order valence-electron chi connectivity index (χ3n) is 1.39. The molecule has 0 aromatic carbocycles. The first-order valence-corrected chi connectivity index (χ1v) is 2.73. The van der Waals surface area contributed by atoms with E-state index in [0.717, 1.165) is 19.1 Å². The molecule has 0 aliphatic carbocycles. The molecule has 0 saturated carbocycles. The zero-order valence-electron chi connectivity index (χ0n) is 4.90. The second-order valence-electron chi connectivity index (χ2n) is 2.31. The Bertz CT molecular complexity index is 55.2. The SMILES string of the molecule is CC(C)[C]1COC1. The number of hydrogen-bond acceptors (Lipinski definition) is 1. The maximum atomic E-state index is 4.96. The van der Waals surface area contributed by atoms with Crippen LogP contribution in [0.2, 0.25) is 0 Å². The third kappa shape index (κ3) is 0.942. The van der Waals surface area contributed by atoms with Crippen LogP contribution in [0.25, 0.3) is 0 Å². The van der Waals surface area contributed by atoms with E-state index in [2.05, 4.69) is 13.8 Å². The summed E-state index contributed by atoms with van der Waals surface area (Å²) in [5.41, 5.74) is 0. The minimum atomic E-state index is 0.744. The molecule has 7 heavy (non-hydrogen) atoms. The fraction of sp³-hybridized carbons (Fsp3) is 0.833. The Morgan fingerprint density at radius 3 is 2.00 bits per heavy atom. The summed E-state index contributed by atoms with van der Waals surface area (Å²) in [5.74, 6) is 2.30. The summed E-state index contributed by atoms with van der Waals surface area (Å²) in [6, 6.07) is 0. The van der Waals surface area contributed by atoms with Gasteiger partial charge in [-0.3, -0.25) is 0 Å². The lowest BCUT2D eigenvalue weighted by atomic mass is 9.95. The van der Waals surface area contributed by atoms with E-state index >= 15 is 0 Å². The molecule has 1 aliphatic heterocycles. The molecule has 0 N–H and O–H groups in total. The van der Waals surface area contributed by atoms with Gasteiger partial charge in [0, 0.05) is 5.92 Å². The van der Waals surface area contributed by atoms with Gasteiger partial charge in [0.2, 0.25) is 0 Å². The van der Waals surface area contributed by atoms with Crippen LogP contribution in [0.1, 0.15) is 13.8 Å². The first-order valence-electron chi connectivity index (χ1n) is 2.73. The van der Waals surface area contributed by atoms with E-state index in [0.29, 0.717) is 0 Å². The van der Waals surface area contributed by atoms with Gasteiger partial charge in [-0.25, -0.2) is 0 Å². The minimum Gasteiger partial charge on any atom is -0.380 e. The van der Waals surface area contributed by atoms with Crippen molar-refractivity contribution in [2.45, 2.75) is 13.8 Å². The zero-order chi connectivity index (χ0) is 5.28. The Balaban J connectivity index is 2.14. The summed E-state index contributed by atoms with van der Waals surface area (Å²) >= 11 is 0. The summed E-state index contributed by atoms with van der Waals surface area (Å²) < 4.78 is 4.96. The van der Waals surface area contributed by atoms with Crippen molar-refractivity contribution in [1.82, 2.24) is 0 Å². The molecule has 1 saturated heterocycles. The van der Waals surface area contributed by atoms with Crippen molar-refractivity contribution in [3.05, 3.63) is 5.92 Å². The highest BCUT2D eigenvalue weighted by Gasteiger charge is 2.21. The maximum absolute atomic E-state index is 4.96. The Morgan fingerprint density at radius 1 is 1.43 bits per heavy atom. The standard InChI is InChI=1S/C6H11O/c1-5(2)6-3-7-4-6/h5H,3-4H2,1-2H3. The summed E-state index contributed by atoms with van der Waals surface area (Å²) in [6.45, 7) is 6.24. The summed E-state index contributed by atoms with van der Waals surface area (Å²) in [5, 5.41) is 0. The van der Waals surface area contributed by atoms with Crippen LogP contribution in [0.4, 0.5) is 0 Å². The van der Waals surface area contributed by atoms with Crippen LogP contribution in [0.15, 0.2) is 0 Å². The third-order valence-corrected chi connectivity index (χ3v) is 1.39. The van der Waals surface area contributed by atoms with Crippen LogP contribution in [-0.4, -0.2) is 13.2 Å². The van der Waals surface area contributed by atoms with Gasteiger partial charge in [-0.2, -0.15) is 0 Å². The van der Waals surface area contributed by atoms with Crippen LogP contribution in [0.5, 0.6) is 0 Å². The molecule has 1 aliphatic rings. The van der Waals surface area contributed by atoms with E-state index in [-0.39, 0.29) is 0 Å². The van der Waals surface area contributed by atoms with Crippen molar-refractivity contribution < 1.29 is 4.74 Å². The Morgan fingerprint density at radius 2 is 2.00 bits per heavy atom. The molecule has 1 heteroatoms. The highest BCUT2D eigenvalue weighted by Crippen LogP contribution is 2.21. The quantitative estimate of drug-likeness (QED) is 0.480. The van der Waals surface area contributed by atoms with Gasteiger partial charge >= 0.3 is 0 Å². The monoisotopic (exact) mass is 99.1 g/mol. The van der Waals surface area contributed by atoms with Crippen LogP contribution in [0.3, 0.4) is 0 Å². The zero-order valence-corrected chi connectivity index (χ0v) is 4.90. The van der Waals surface area contributed by atoms with E-state index in [1.165, 1.54) is 0 Å². The van der Waals surface area contributed by atoms with Gasteiger partial charge < -0.3 is 4.74 Å². The fourth-order valence-corrected chi connectivity index (χ4v) is 0.553. The van der Waals surface area contributed by atoms with E-state index < -0.39 is 0 Å². The van der Waals surface area contributed by atoms with Gasteiger partial charge in [-0.15, -0.1) is 0 Å². The second kappa shape index (κ2) is 1.83. The van der Waals surface area contributed by atoms with Crippen LogP contribution in [0, 0.1) is 11.8 Å². The summed E-state index contributed by atoms with van der Waals surface area (Å²) in [7, 11) is 0. The molecule has 0 bridgehead atoms. The van der Waals surface area contributed by atoms with Crippen LogP contribution < -0.4 is 0 Å². The smallest absolute Gasteiger partial charge is 0.0554 e. The molecule has 1 radical (unpaired) electrons. The summed E-state index contributed by atoms with van der Waals surface area (Å²) in [6.07, 6.45) is 0. The highest BCUT2D eigenvalue weighted by molar-refractivity contribution is 4.98. The molecule has 0 atom stereocenters. The number of rotatable bonds is 1. The minimum absolute atomic E-state index is 0.744. The van der Waals surface area contributed by atoms with E-state index in [4.69, 9.17) is 4.74 Å². The fourth-order valence-electron chi connectivity index (χ4n) is 0.553.